The highest BCUT2D eigenvalue weighted by Crippen LogP contribution is 2.38. The standard InChI is InChI=1S/C21H24N6O4/c22-18-17-13(20(29)23-12-4-5-14-15(10-12)31-9-8-30-14)11-16(28)24-19(17)26-21(25-18)27-6-2-1-3-7-27/h4-5,10,13H,1-3,6-9,11H2,(H,23,29)(H3,22,24,25,26,28)/t13-/m1/s1. The van der Waals surface area contributed by atoms with Gasteiger partial charge >= 0.3 is 0 Å². The molecule has 0 spiro atoms. The molecule has 162 valence electrons. The number of fused-ring (bicyclic) bond motifs is 2. The topological polar surface area (TPSA) is 132 Å². The van der Waals surface area contributed by atoms with Crippen LogP contribution in [0.2, 0.25) is 0 Å². The van der Waals surface area contributed by atoms with Crippen molar-refractivity contribution in [1.29, 1.82) is 0 Å². The van der Waals surface area contributed by atoms with E-state index in [1.54, 1.807) is 18.2 Å². The van der Waals surface area contributed by atoms with E-state index in [1.807, 2.05) is 0 Å². The third kappa shape index (κ3) is 3.80. The van der Waals surface area contributed by atoms with E-state index in [2.05, 4.69) is 25.5 Å². The van der Waals surface area contributed by atoms with Crippen molar-refractivity contribution in [2.45, 2.75) is 31.6 Å². The maximum absolute atomic E-state index is 13.1. The van der Waals surface area contributed by atoms with Gasteiger partial charge in [0.2, 0.25) is 17.8 Å². The van der Waals surface area contributed by atoms with Gasteiger partial charge in [-0.3, -0.25) is 9.59 Å². The molecule has 1 atom stereocenters. The van der Waals surface area contributed by atoms with Crippen LogP contribution >= 0.6 is 0 Å². The molecule has 0 radical (unpaired) electrons. The number of carbonyl (C=O) groups excluding carboxylic acids is 2. The first-order valence-corrected chi connectivity index (χ1v) is 10.5. The van der Waals surface area contributed by atoms with E-state index < -0.39 is 5.92 Å². The molecule has 2 aromatic rings. The number of nitrogens with zero attached hydrogens (tertiary/aromatic N) is 3. The summed E-state index contributed by atoms with van der Waals surface area (Å²) in [6.45, 7) is 2.64. The molecule has 1 aromatic heterocycles. The zero-order valence-electron chi connectivity index (χ0n) is 17.0. The van der Waals surface area contributed by atoms with Gasteiger partial charge in [-0.05, 0) is 31.4 Å². The van der Waals surface area contributed by atoms with E-state index in [-0.39, 0.29) is 24.1 Å². The van der Waals surface area contributed by atoms with Gasteiger partial charge in [-0.1, -0.05) is 0 Å². The van der Waals surface area contributed by atoms with Crippen LogP contribution in [-0.2, 0) is 9.59 Å². The first-order chi connectivity index (χ1) is 15.1. The number of piperidine rings is 1. The molecule has 1 fully saturated rings. The van der Waals surface area contributed by atoms with Crippen LogP contribution in [0.3, 0.4) is 0 Å². The van der Waals surface area contributed by atoms with Gasteiger partial charge in [0.25, 0.3) is 0 Å². The van der Waals surface area contributed by atoms with Crippen molar-refractivity contribution in [1.82, 2.24) is 9.97 Å². The lowest BCUT2D eigenvalue weighted by molar-refractivity contribution is -0.123. The Morgan fingerprint density at radius 2 is 1.90 bits per heavy atom. The third-order valence-electron chi connectivity index (χ3n) is 5.72. The molecule has 4 N–H and O–H groups in total. The van der Waals surface area contributed by atoms with Crippen LogP contribution in [0, 0.1) is 0 Å². The molecule has 0 unspecified atom stereocenters. The molecule has 1 saturated heterocycles. The molecule has 2 amide bonds. The van der Waals surface area contributed by atoms with Crippen molar-refractivity contribution in [2.24, 2.45) is 0 Å². The normalized spacial score (nSPS) is 19.9. The van der Waals surface area contributed by atoms with Crippen LogP contribution < -0.4 is 30.7 Å². The summed E-state index contributed by atoms with van der Waals surface area (Å²) >= 11 is 0. The van der Waals surface area contributed by atoms with E-state index in [0.29, 0.717) is 47.7 Å². The number of nitrogens with one attached hydrogen (secondary N) is 2. The summed E-state index contributed by atoms with van der Waals surface area (Å²) < 4.78 is 11.1. The number of carbonyl (C=O) groups is 2. The molecule has 0 bridgehead atoms. The first kappa shape index (κ1) is 19.4. The molecule has 0 aliphatic carbocycles. The summed E-state index contributed by atoms with van der Waals surface area (Å²) in [5, 5.41) is 5.61. The van der Waals surface area contributed by atoms with E-state index >= 15 is 0 Å². The molecule has 4 heterocycles. The summed E-state index contributed by atoms with van der Waals surface area (Å²) in [5.41, 5.74) is 7.26. The highest BCUT2D eigenvalue weighted by molar-refractivity contribution is 6.05. The fourth-order valence-electron chi connectivity index (χ4n) is 4.19. The number of hydrogen-bond acceptors (Lipinski definition) is 8. The number of anilines is 4. The molecule has 1 aromatic carbocycles. The van der Waals surface area contributed by atoms with Crippen molar-refractivity contribution in [2.75, 3.05) is 47.6 Å². The van der Waals surface area contributed by atoms with Crippen molar-refractivity contribution in [3.05, 3.63) is 23.8 Å². The number of aromatic nitrogens is 2. The molecular weight excluding hydrogens is 400 g/mol. The van der Waals surface area contributed by atoms with E-state index in [4.69, 9.17) is 15.2 Å². The Balaban J connectivity index is 1.41. The van der Waals surface area contributed by atoms with Gasteiger partial charge in [0.1, 0.15) is 24.8 Å². The Labute approximate surface area is 179 Å². The average Bonchev–Trinajstić information content (AvgIpc) is 2.78. The Kier molecular flexibility index (Phi) is 4.97. The number of hydrogen-bond donors (Lipinski definition) is 3. The fraction of sp³-hybridized carbons (Fsp3) is 0.429. The molecule has 10 nitrogen and oxygen atoms in total. The van der Waals surface area contributed by atoms with Crippen molar-refractivity contribution < 1.29 is 19.1 Å². The van der Waals surface area contributed by atoms with Gasteiger partial charge in [-0.2, -0.15) is 9.97 Å². The second-order valence-corrected chi connectivity index (χ2v) is 7.87. The van der Waals surface area contributed by atoms with Gasteiger partial charge < -0.3 is 30.7 Å². The van der Waals surface area contributed by atoms with Gasteiger partial charge in [-0.25, -0.2) is 0 Å². The summed E-state index contributed by atoms with van der Waals surface area (Å²) in [6.07, 6.45) is 3.27. The summed E-state index contributed by atoms with van der Waals surface area (Å²) in [6, 6.07) is 5.18. The van der Waals surface area contributed by atoms with Gasteiger partial charge in [0.05, 0.1) is 11.5 Å². The smallest absolute Gasteiger partial charge is 0.232 e. The first-order valence-electron chi connectivity index (χ1n) is 10.5. The summed E-state index contributed by atoms with van der Waals surface area (Å²) in [7, 11) is 0. The Morgan fingerprint density at radius 1 is 1.13 bits per heavy atom. The van der Waals surface area contributed by atoms with Gasteiger partial charge in [-0.15, -0.1) is 0 Å². The zero-order valence-corrected chi connectivity index (χ0v) is 17.0. The minimum Gasteiger partial charge on any atom is -0.486 e. The number of nitrogen functional groups attached to an aromatic ring is 1. The summed E-state index contributed by atoms with van der Waals surface area (Å²) in [5.74, 6) is 0.803. The van der Waals surface area contributed by atoms with Gasteiger partial charge in [0, 0.05) is 31.3 Å². The number of ether oxygens (including phenoxy) is 2. The van der Waals surface area contributed by atoms with E-state index in [1.165, 1.54) is 6.42 Å². The maximum Gasteiger partial charge on any atom is 0.232 e. The predicted molar refractivity (Wildman–Crippen MR) is 115 cm³/mol. The van der Waals surface area contributed by atoms with E-state index in [9.17, 15) is 9.59 Å². The highest BCUT2D eigenvalue weighted by atomic mass is 16.6. The van der Waals surface area contributed by atoms with Crippen LogP contribution in [-0.4, -0.2) is 48.1 Å². The van der Waals surface area contributed by atoms with Crippen molar-refractivity contribution in [3.8, 4) is 11.5 Å². The monoisotopic (exact) mass is 424 g/mol. The molecule has 31 heavy (non-hydrogen) atoms. The quantitative estimate of drug-likeness (QED) is 0.681. The van der Waals surface area contributed by atoms with Crippen LogP contribution in [0.5, 0.6) is 11.5 Å². The Hall–Kier alpha value is -3.56. The second-order valence-electron chi connectivity index (χ2n) is 7.87. The SMILES string of the molecule is Nc1nc(N2CCCCC2)nc2c1[C@H](C(=O)Nc1ccc3c(c1)OCCO3)CC(=O)N2. The van der Waals surface area contributed by atoms with Crippen LogP contribution in [0.15, 0.2) is 18.2 Å². The average molecular weight is 424 g/mol. The largest absolute Gasteiger partial charge is 0.486 e. The van der Waals surface area contributed by atoms with Crippen molar-refractivity contribution in [3.63, 3.8) is 0 Å². The van der Waals surface area contributed by atoms with Crippen LogP contribution in [0.25, 0.3) is 0 Å². The highest BCUT2D eigenvalue weighted by Gasteiger charge is 2.35. The van der Waals surface area contributed by atoms with Crippen LogP contribution in [0.1, 0.15) is 37.2 Å². The molecule has 0 saturated carbocycles. The Morgan fingerprint density at radius 3 is 2.71 bits per heavy atom. The fourth-order valence-corrected chi connectivity index (χ4v) is 4.19. The maximum atomic E-state index is 13.1. The minimum absolute atomic E-state index is 0.0278. The van der Waals surface area contributed by atoms with Crippen LogP contribution in [0.4, 0.5) is 23.3 Å². The number of benzene rings is 1. The predicted octanol–water partition coefficient (Wildman–Crippen LogP) is 1.88. The molecule has 3 aliphatic rings. The minimum atomic E-state index is -0.785. The number of amides is 2. The zero-order chi connectivity index (χ0) is 21.4. The second kappa shape index (κ2) is 7.93. The number of nitrogens with two attached hydrogens (primary N) is 1. The molecule has 5 rings (SSSR count). The third-order valence-corrected chi connectivity index (χ3v) is 5.72. The lowest BCUT2D eigenvalue weighted by atomic mass is 9.92. The van der Waals surface area contributed by atoms with Gasteiger partial charge in [0.15, 0.2) is 11.5 Å². The lowest BCUT2D eigenvalue weighted by Gasteiger charge is -2.30. The van der Waals surface area contributed by atoms with E-state index in [0.717, 1.165) is 25.9 Å². The lowest BCUT2D eigenvalue weighted by Crippen LogP contribution is -2.35. The Bertz CT molecular complexity index is 1040. The molecule has 3 aliphatic heterocycles. The number of rotatable bonds is 3. The molecule has 10 heteroatoms. The summed E-state index contributed by atoms with van der Waals surface area (Å²) in [4.78, 5) is 36.5. The molecular formula is C21H24N6O4. The van der Waals surface area contributed by atoms with Crippen molar-refractivity contribution >= 4 is 35.1 Å².